The number of hydrogen-bond donors (Lipinski definition) is 0. The Hall–Kier alpha value is 0.600. The molecule has 3 heteroatoms. The summed E-state index contributed by atoms with van der Waals surface area (Å²) in [5, 5.41) is 0. The maximum atomic E-state index is 5.66. The minimum Gasteiger partial charge on any atom is -0.309 e. The predicted octanol–water partition coefficient (Wildman–Crippen LogP) is 2.94. The summed E-state index contributed by atoms with van der Waals surface area (Å²) in [5.74, 6) is 4.14. The minimum atomic E-state index is 0.796. The SMILES string of the molecule is CC(CCCl)CCSCCN(C)C. The molecule has 0 bridgehead atoms. The van der Waals surface area contributed by atoms with Crippen molar-refractivity contribution >= 4 is 23.4 Å². The summed E-state index contributed by atoms with van der Waals surface area (Å²) in [6.45, 7) is 3.48. The van der Waals surface area contributed by atoms with E-state index in [1.54, 1.807) is 0 Å². The van der Waals surface area contributed by atoms with E-state index in [1.165, 1.54) is 24.5 Å². The number of hydrogen-bond acceptors (Lipinski definition) is 2. The van der Waals surface area contributed by atoms with Gasteiger partial charge in [-0.1, -0.05) is 6.92 Å². The lowest BCUT2D eigenvalue weighted by Crippen LogP contribution is -2.15. The maximum absolute atomic E-state index is 5.66. The molecule has 0 aliphatic heterocycles. The Kier molecular flexibility index (Phi) is 9.59. The summed E-state index contributed by atoms with van der Waals surface area (Å²) in [6, 6.07) is 0. The van der Waals surface area contributed by atoms with Crippen LogP contribution in [0.5, 0.6) is 0 Å². The Morgan fingerprint density at radius 2 is 1.92 bits per heavy atom. The van der Waals surface area contributed by atoms with E-state index in [-0.39, 0.29) is 0 Å². The van der Waals surface area contributed by atoms with Crippen LogP contribution < -0.4 is 0 Å². The lowest BCUT2D eigenvalue weighted by molar-refractivity contribution is 0.437. The number of thioether (sulfide) groups is 1. The van der Waals surface area contributed by atoms with E-state index in [4.69, 9.17) is 11.6 Å². The molecule has 13 heavy (non-hydrogen) atoms. The van der Waals surface area contributed by atoms with Gasteiger partial charge in [-0.05, 0) is 38.6 Å². The maximum Gasteiger partial charge on any atom is 0.0225 e. The molecule has 0 aliphatic carbocycles. The van der Waals surface area contributed by atoms with Gasteiger partial charge in [-0.3, -0.25) is 0 Å². The van der Waals surface area contributed by atoms with Crippen molar-refractivity contribution in [1.82, 2.24) is 4.90 Å². The van der Waals surface area contributed by atoms with Crippen molar-refractivity contribution in [3.63, 3.8) is 0 Å². The summed E-state index contributed by atoms with van der Waals surface area (Å²) in [4.78, 5) is 2.23. The van der Waals surface area contributed by atoms with Gasteiger partial charge in [0.25, 0.3) is 0 Å². The van der Waals surface area contributed by atoms with Gasteiger partial charge in [0, 0.05) is 18.2 Å². The summed E-state index contributed by atoms with van der Waals surface area (Å²) in [5.41, 5.74) is 0. The van der Waals surface area contributed by atoms with Crippen LogP contribution in [0.4, 0.5) is 0 Å². The highest BCUT2D eigenvalue weighted by molar-refractivity contribution is 7.99. The van der Waals surface area contributed by atoms with Crippen molar-refractivity contribution in [2.45, 2.75) is 19.8 Å². The van der Waals surface area contributed by atoms with Gasteiger partial charge in [0.1, 0.15) is 0 Å². The average molecular weight is 224 g/mol. The highest BCUT2D eigenvalue weighted by Gasteiger charge is 2.00. The highest BCUT2D eigenvalue weighted by atomic mass is 35.5. The molecular formula is C10H22ClNS. The van der Waals surface area contributed by atoms with Crippen LogP contribution in [0, 0.1) is 5.92 Å². The predicted molar refractivity (Wildman–Crippen MR) is 65.0 cm³/mol. The first-order valence-corrected chi connectivity index (χ1v) is 6.64. The van der Waals surface area contributed by atoms with Gasteiger partial charge >= 0.3 is 0 Å². The molecule has 0 heterocycles. The molecule has 0 aliphatic rings. The highest BCUT2D eigenvalue weighted by Crippen LogP contribution is 2.13. The Balaban J connectivity index is 3.06. The van der Waals surface area contributed by atoms with Crippen LogP contribution in [0.25, 0.3) is 0 Å². The first-order valence-electron chi connectivity index (χ1n) is 4.95. The number of alkyl halides is 1. The van der Waals surface area contributed by atoms with E-state index in [0.717, 1.165) is 18.2 Å². The minimum absolute atomic E-state index is 0.796. The molecule has 0 aromatic rings. The number of rotatable bonds is 8. The lowest BCUT2D eigenvalue weighted by atomic mass is 10.1. The van der Waals surface area contributed by atoms with Crippen molar-refractivity contribution in [2.75, 3.05) is 38.0 Å². The molecule has 0 radical (unpaired) electrons. The summed E-state index contributed by atoms with van der Waals surface area (Å²) >= 11 is 7.72. The van der Waals surface area contributed by atoms with Gasteiger partial charge in [-0.15, -0.1) is 11.6 Å². The van der Waals surface area contributed by atoms with E-state index in [1.807, 2.05) is 0 Å². The van der Waals surface area contributed by atoms with Gasteiger partial charge in [-0.2, -0.15) is 11.8 Å². The number of nitrogens with zero attached hydrogens (tertiary/aromatic N) is 1. The average Bonchev–Trinajstić information content (AvgIpc) is 2.03. The Morgan fingerprint density at radius 1 is 1.23 bits per heavy atom. The fraction of sp³-hybridized carbons (Fsp3) is 1.00. The van der Waals surface area contributed by atoms with Crippen LogP contribution in [0.2, 0.25) is 0 Å². The number of halogens is 1. The zero-order valence-electron chi connectivity index (χ0n) is 9.05. The van der Waals surface area contributed by atoms with Crippen molar-refractivity contribution < 1.29 is 0 Å². The van der Waals surface area contributed by atoms with Crippen LogP contribution >= 0.6 is 23.4 Å². The van der Waals surface area contributed by atoms with E-state index in [0.29, 0.717) is 0 Å². The largest absolute Gasteiger partial charge is 0.309 e. The first-order chi connectivity index (χ1) is 6.16. The van der Waals surface area contributed by atoms with Crippen molar-refractivity contribution in [1.29, 1.82) is 0 Å². The fourth-order valence-corrected chi connectivity index (χ4v) is 2.60. The quantitative estimate of drug-likeness (QED) is 0.460. The molecule has 0 aromatic carbocycles. The molecule has 0 amide bonds. The smallest absolute Gasteiger partial charge is 0.0225 e. The van der Waals surface area contributed by atoms with Gasteiger partial charge in [0.2, 0.25) is 0 Å². The zero-order chi connectivity index (χ0) is 10.1. The third kappa shape index (κ3) is 10.5. The van der Waals surface area contributed by atoms with Gasteiger partial charge in [-0.25, -0.2) is 0 Å². The van der Waals surface area contributed by atoms with Crippen LogP contribution in [0.1, 0.15) is 19.8 Å². The van der Waals surface area contributed by atoms with E-state index >= 15 is 0 Å². The van der Waals surface area contributed by atoms with Gasteiger partial charge in [0.05, 0.1) is 0 Å². The topological polar surface area (TPSA) is 3.24 Å². The second-order valence-electron chi connectivity index (χ2n) is 3.79. The molecule has 1 nitrogen and oxygen atoms in total. The van der Waals surface area contributed by atoms with E-state index in [9.17, 15) is 0 Å². The van der Waals surface area contributed by atoms with Crippen LogP contribution in [-0.2, 0) is 0 Å². The molecule has 1 atom stereocenters. The molecule has 1 unspecified atom stereocenters. The second kappa shape index (κ2) is 9.17. The molecule has 0 N–H and O–H groups in total. The third-order valence-corrected chi connectivity index (χ3v) is 3.25. The van der Waals surface area contributed by atoms with Gasteiger partial charge in [0.15, 0.2) is 0 Å². The Bertz CT molecular complexity index is 109. The fourth-order valence-electron chi connectivity index (χ4n) is 0.964. The van der Waals surface area contributed by atoms with E-state index < -0.39 is 0 Å². The molecule has 0 saturated carbocycles. The Morgan fingerprint density at radius 3 is 2.46 bits per heavy atom. The first kappa shape index (κ1) is 13.6. The van der Waals surface area contributed by atoms with Crippen LogP contribution in [0.15, 0.2) is 0 Å². The molecular weight excluding hydrogens is 202 g/mol. The van der Waals surface area contributed by atoms with Crippen molar-refractivity contribution in [3.8, 4) is 0 Å². The summed E-state index contributed by atoms with van der Waals surface area (Å²) in [7, 11) is 4.24. The van der Waals surface area contributed by atoms with Crippen LogP contribution in [0.3, 0.4) is 0 Å². The molecule has 80 valence electrons. The Labute approximate surface area is 92.2 Å². The normalized spacial score (nSPS) is 13.6. The van der Waals surface area contributed by atoms with E-state index in [2.05, 4.69) is 37.7 Å². The van der Waals surface area contributed by atoms with Crippen molar-refractivity contribution in [3.05, 3.63) is 0 Å². The molecule has 0 saturated heterocycles. The molecule has 0 rings (SSSR count). The zero-order valence-corrected chi connectivity index (χ0v) is 10.6. The standard InChI is InChI=1S/C10H22ClNS/c1-10(4-6-11)5-8-13-9-7-12(2)3/h10H,4-9H2,1-3H3. The lowest BCUT2D eigenvalue weighted by Gasteiger charge is -2.10. The third-order valence-electron chi connectivity index (χ3n) is 2.04. The molecule has 0 aromatic heterocycles. The summed E-state index contributed by atoms with van der Waals surface area (Å²) in [6.07, 6.45) is 2.47. The second-order valence-corrected chi connectivity index (χ2v) is 5.39. The monoisotopic (exact) mass is 223 g/mol. The van der Waals surface area contributed by atoms with Crippen LogP contribution in [-0.4, -0.2) is 42.9 Å². The van der Waals surface area contributed by atoms with Crippen molar-refractivity contribution in [2.24, 2.45) is 5.92 Å². The van der Waals surface area contributed by atoms with Gasteiger partial charge < -0.3 is 4.90 Å². The molecule has 0 spiro atoms. The molecule has 0 fully saturated rings. The summed E-state index contributed by atoms with van der Waals surface area (Å²) < 4.78 is 0.